The summed E-state index contributed by atoms with van der Waals surface area (Å²) < 4.78 is 10.8. The van der Waals surface area contributed by atoms with E-state index in [4.69, 9.17) is 8.85 Å². The summed E-state index contributed by atoms with van der Waals surface area (Å²) >= 11 is 0. The Morgan fingerprint density at radius 1 is 1.36 bits per heavy atom. The van der Waals surface area contributed by atoms with E-state index in [1.165, 1.54) is 6.92 Å². The number of hydrogen-bond donors (Lipinski definition) is 0. The molecule has 0 heterocycles. The number of rotatable bonds is 5. The molecule has 0 saturated carbocycles. The Bertz CT molecular complexity index is 175. The van der Waals surface area contributed by atoms with Crippen molar-refractivity contribution in [2.24, 2.45) is 0 Å². The molecule has 0 aromatic carbocycles. The zero-order valence-electron chi connectivity index (χ0n) is 9.85. The van der Waals surface area contributed by atoms with Crippen LogP contribution in [0.3, 0.4) is 0 Å². The molecule has 0 fully saturated rings. The molecule has 0 N–H and O–H groups in total. The van der Waals surface area contributed by atoms with Crippen molar-refractivity contribution in [3.63, 3.8) is 0 Å². The monoisotopic (exact) mass is 217 g/mol. The van der Waals surface area contributed by atoms with Crippen molar-refractivity contribution in [3.05, 3.63) is 0 Å². The maximum Gasteiger partial charge on any atom is 0.465 e. The molecule has 14 heavy (non-hydrogen) atoms. The summed E-state index contributed by atoms with van der Waals surface area (Å²) in [6.07, 6.45) is 2.12. The van der Waals surface area contributed by atoms with Gasteiger partial charge in [0.2, 0.25) is 0 Å². The van der Waals surface area contributed by atoms with Crippen LogP contribution in [0.1, 0.15) is 47.5 Å². The molecule has 0 atom stereocenters. The highest BCUT2D eigenvalue weighted by molar-refractivity contribution is 6.50. The van der Waals surface area contributed by atoms with Gasteiger partial charge in [-0.3, -0.25) is 4.79 Å². The van der Waals surface area contributed by atoms with E-state index in [1.807, 2.05) is 20.8 Å². The van der Waals surface area contributed by atoms with Crippen molar-refractivity contribution >= 4 is 15.3 Å². The summed E-state index contributed by atoms with van der Waals surface area (Å²) in [5, 5.41) is -0.0654. The van der Waals surface area contributed by atoms with Gasteiger partial charge in [-0.1, -0.05) is 34.1 Å². The maximum atomic E-state index is 10.9. The molecule has 0 aliphatic rings. The SMILES string of the molecule is CCCCO[Si](OC(C)=O)C(C)(C)C. The molecule has 0 aliphatic heterocycles. The molecule has 0 unspecified atom stereocenters. The molecule has 0 spiro atoms. The van der Waals surface area contributed by atoms with E-state index >= 15 is 0 Å². The van der Waals surface area contributed by atoms with E-state index in [2.05, 4.69) is 6.92 Å². The van der Waals surface area contributed by atoms with Crippen molar-refractivity contribution in [1.29, 1.82) is 0 Å². The third-order valence-corrected chi connectivity index (χ3v) is 3.74. The fourth-order valence-electron chi connectivity index (χ4n) is 0.839. The summed E-state index contributed by atoms with van der Waals surface area (Å²) in [4.78, 5) is 10.9. The number of unbranched alkanes of at least 4 members (excludes halogenated alkanes) is 1. The molecular weight excluding hydrogens is 196 g/mol. The minimum Gasteiger partial charge on any atom is -0.492 e. The minimum absolute atomic E-state index is 0.0654. The van der Waals surface area contributed by atoms with Gasteiger partial charge in [-0.05, 0) is 6.42 Å². The Labute approximate surface area is 88.6 Å². The molecule has 3 nitrogen and oxygen atoms in total. The van der Waals surface area contributed by atoms with Crippen LogP contribution in [-0.2, 0) is 13.6 Å². The lowest BCUT2D eigenvalue weighted by Crippen LogP contribution is -2.35. The fourth-order valence-corrected chi connectivity index (χ4v) is 2.23. The molecule has 83 valence electrons. The van der Waals surface area contributed by atoms with E-state index in [9.17, 15) is 4.79 Å². The molecule has 0 bridgehead atoms. The van der Waals surface area contributed by atoms with Crippen LogP contribution in [0.15, 0.2) is 0 Å². The van der Waals surface area contributed by atoms with Crippen LogP contribution in [0.4, 0.5) is 0 Å². The van der Waals surface area contributed by atoms with Crippen LogP contribution >= 0.6 is 0 Å². The van der Waals surface area contributed by atoms with Crippen LogP contribution in [0, 0.1) is 0 Å². The van der Waals surface area contributed by atoms with Crippen LogP contribution in [0.5, 0.6) is 0 Å². The average molecular weight is 217 g/mol. The largest absolute Gasteiger partial charge is 0.492 e. The first kappa shape index (κ1) is 13.6. The van der Waals surface area contributed by atoms with E-state index in [1.54, 1.807) is 0 Å². The highest BCUT2D eigenvalue weighted by atomic mass is 28.3. The van der Waals surface area contributed by atoms with E-state index in [0.29, 0.717) is 6.61 Å². The second-order valence-electron chi connectivity index (χ2n) is 4.33. The average Bonchev–Trinajstić information content (AvgIpc) is 2.00. The van der Waals surface area contributed by atoms with Crippen molar-refractivity contribution in [2.45, 2.75) is 52.5 Å². The summed E-state index contributed by atoms with van der Waals surface area (Å²) in [6, 6.07) is 0. The van der Waals surface area contributed by atoms with Gasteiger partial charge in [0, 0.05) is 18.6 Å². The summed E-state index contributed by atoms with van der Waals surface area (Å²) in [5.74, 6) is -0.245. The van der Waals surface area contributed by atoms with Crippen molar-refractivity contribution < 1.29 is 13.6 Å². The van der Waals surface area contributed by atoms with Gasteiger partial charge in [0.15, 0.2) is 0 Å². The molecule has 0 saturated heterocycles. The summed E-state index contributed by atoms with van der Waals surface area (Å²) in [6.45, 7) is 10.3. The Hall–Kier alpha value is -0.353. The lowest BCUT2D eigenvalue weighted by Gasteiger charge is -2.25. The molecule has 0 rings (SSSR count). The first-order valence-electron chi connectivity index (χ1n) is 5.06. The van der Waals surface area contributed by atoms with E-state index in [0.717, 1.165) is 12.8 Å². The lowest BCUT2D eigenvalue weighted by molar-refractivity contribution is -0.133. The van der Waals surface area contributed by atoms with Gasteiger partial charge >= 0.3 is 9.28 Å². The first-order chi connectivity index (χ1) is 6.38. The number of carbonyl (C=O) groups is 1. The molecule has 0 aromatic rings. The molecule has 1 radical (unpaired) electrons. The quantitative estimate of drug-likeness (QED) is 0.524. The van der Waals surface area contributed by atoms with Crippen molar-refractivity contribution in [1.82, 2.24) is 0 Å². The van der Waals surface area contributed by atoms with Crippen LogP contribution in [0.25, 0.3) is 0 Å². The highest BCUT2D eigenvalue weighted by Crippen LogP contribution is 2.28. The van der Waals surface area contributed by atoms with Gasteiger partial charge in [0.05, 0.1) is 0 Å². The second kappa shape index (κ2) is 6.19. The lowest BCUT2D eigenvalue weighted by atomic mass is 10.3. The number of carbonyl (C=O) groups excluding carboxylic acids is 1. The summed E-state index contributed by atoms with van der Waals surface area (Å²) in [5.41, 5.74) is 0. The highest BCUT2D eigenvalue weighted by Gasteiger charge is 2.34. The summed E-state index contributed by atoms with van der Waals surface area (Å²) in [7, 11) is -1.48. The second-order valence-corrected chi connectivity index (χ2v) is 6.90. The first-order valence-corrected chi connectivity index (χ1v) is 6.38. The Morgan fingerprint density at radius 2 is 1.93 bits per heavy atom. The topological polar surface area (TPSA) is 35.5 Å². The van der Waals surface area contributed by atoms with Crippen LogP contribution in [-0.4, -0.2) is 21.9 Å². The van der Waals surface area contributed by atoms with E-state index < -0.39 is 9.28 Å². The maximum absolute atomic E-state index is 10.9. The van der Waals surface area contributed by atoms with Gasteiger partial charge < -0.3 is 8.85 Å². The molecule has 0 aromatic heterocycles. The smallest absolute Gasteiger partial charge is 0.465 e. The predicted molar refractivity (Wildman–Crippen MR) is 58.1 cm³/mol. The normalized spacial score (nSPS) is 11.9. The number of hydrogen-bond acceptors (Lipinski definition) is 3. The van der Waals surface area contributed by atoms with Crippen LogP contribution in [0.2, 0.25) is 5.04 Å². The standard InChI is InChI=1S/C10H21O3Si/c1-6-7-8-12-14(10(3,4)5)13-9(2)11/h6-8H2,1-5H3. The zero-order valence-corrected chi connectivity index (χ0v) is 10.8. The fraction of sp³-hybridized carbons (Fsp3) is 0.900. The van der Waals surface area contributed by atoms with E-state index in [-0.39, 0.29) is 11.0 Å². The minimum atomic E-state index is -1.48. The van der Waals surface area contributed by atoms with Gasteiger partial charge in [0.1, 0.15) is 0 Å². The predicted octanol–water partition coefficient (Wildman–Crippen LogP) is 2.65. The zero-order chi connectivity index (χ0) is 11.2. The molecule has 4 heteroatoms. The van der Waals surface area contributed by atoms with Crippen LogP contribution < -0.4 is 0 Å². The molecule has 0 amide bonds. The Kier molecular flexibility index (Phi) is 6.03. The third-order valence-electron chi connectivity index (χ3n) is 1.58. The van der Waals surface area contributed by atoms with Crippen molar-refractivity contribution in [2.75, 3.05) is 6.61 Å². The van der Waals surface area contributed by atoms with Gasteiger partial charge in [-0.15, -0.1) is 0 Å². The van der Waals surface area contributed by atoms with Gasteiger partial charge in [0.25, 0.3) is 5.97 Å². The Morgan fingerprint density at radius 3 is 2.29 bits per heavy atom. The Balaban J connectivity index is 4.05. The van der Waals surface area contributed by atoms with Gasteiger partial charge in [-0.2, -0.15) is 0 Å². The van der Waals surface area contributed by atoms with Crippen molar-refractivity contribution in [3.8, 4) is 0 Å². The van der Waals surface area contributed by atoms with Gasteiger partial charge in [-0.25, -0.2) is 0 Å². The molecular formula is C10H21O3Si. The third kappa shape index (κ3) is 6.15. The molecule has 0 aliphatic carbocycles.